The molecule has 0 aliphatic carbocycles. The Morgan fingerprint density at radius 1 is 1.38 bits per heavy atom. The fourth-order valence-electron chi connectivity index (χ4n) is 1.65. The van der Waals surface area contributed by atoms with Crippen LogP contribution in [0, 0.1) is 0 Å². The summed E-state index contributed by atoms with van der Waals surface area (Å²) in [6, 6.07) is 0.0111. The fourth-order valence-corrected chi connectivity index (χ4v) is 2.52. The highest BCUT2D eigenvalue weighted by Gasteiger charge is 2.24. The van der Waals surface area contributed by atoms with Crippen LogP contribution in [0.4, 0.5) is 8.78 Å². The van der Waals surface area contributed by atoms with Gasteiger partial charge in [0.05, 0.1) is 12.8 Å². The van der Waals surface area contributed by atoms with E-state index in [1.54, 1.807) is 0 Å². The second-order valence-electron chi connectivity index (χ2n) is 3.74. The van der Waals surface area contributed by atoms with Gasteiger partial charge >= 0.3 is 0 Å². The van der Waals surface area contributed by atoms with E-state index < -0.39 is 16.4 Å². The minimum Gasteiger partial charge on any atom is -0.309 e. The van der Waals surface area contributed by atoms with Crippen molar-refractivity contribution in [2.45, 2.75) is 25.3 Å². The maximum atomic E-state index is 11.9. The predicted octanol–water partition coefficient (Wildman–Crippen LogP) is 0.687. The summed E-state index contributed by atoms with van der Waals surface area (Å²) in [7, 11) is -3.12. The van der Waals surface area contributed by atoms with Crippen LogP contribution in [0.25, 0.3) is 0 Å². The van der Waals surface area contributed by atoms with Gasteiger partial charge in [0.1, 0.15) is 0 Å². The number of piperidine rings is 1. The van der Waals surface area contributed by atoms with Gasteiger partial charge in [0.25, 0.3) is 6.43 Å². The average Bonchev–Trinajstić information content (AvgIpc) is 2.14. The maximum Gasteiger partial charge on any atom is 0.250 e. The van der Waals surface area contributed by atoms with Crippen LogP contribution in [0.2, 0.25) is 0 Å². The molecule has 0 aromatic carbocycles. The monoisotopic (exact) mass is 278 g/mol. The van der Waals surface area contributed by atoms with Gasteiger partial charge in [-0.1, -0.05) is 0 Å². The summed E-state index contributed by atoms with van der Waals surface area (Å²) in [6.45, 7) is 0.517. The van der Waals surface area contributed by atoms with Crippen LogP contribution >= 0.6 is 12.4 Å². The molecule has 8 heteroatoms. The summed E-state index contributed by atoms with van der Waals surface area (Å²) in [6.07, 6.45) is 0.0115. The first-order chi connectivity index (χ1) is 6.89. The molecular formula is C8H17ClF2N2O2S. The van der Waals surface area contributed by atoms with Crippen LogP contribution in [-0.2, 0) is 10.0 Å². The lowest BCUT2D eigenvalue weighted by molar-refractivity contribution is 0.136. The van der Waals surface area contributed by atoms with Gasteiger partial charge in [-0.3, -0.25) is 0 Å². The van der Waals surface area contributed by atoms with Crippen LogP contribution in [0.15, 0.2) is 0 Å². The van der Waals surface area contributed by atoms with Crippen LogP contribution in [0.1, 0.15) is 12.8 Å². The third-order valence-electron chi connectivity index (χ3n) is 2.48. The predicted molar refractivity (Wildman–Crippen MR) is 60.7 cm³/mol. The molecule has 0 radical (unpaired) electrons. The van der Waals surface area contributed by atoms with Gasteiger partial charge in [-0.2, -0.15) is 0 Å². The molecule has 0 aromatic heterocycles. The highest BCUT2D eigenvalue weighted by atomic mass is 35.5. The third kappa shape index (κ3) is 5.38. The van der Waals surface area contributed by atoms with Crippen molar-refractivity contribution in [3.8, 4) is 0 Å². The van der Waals surface area contributed by atoms with Gasteiger partial charge in [-0.25, -0.2) is 21.5 Å². The lowest BCUT2D eigenvalue weighted by atomic mass is 10.1. The molecule has 1 aliphatic rings. The molecule has 0 amide bonds. The van der Waals surface area contributed by atoms with E-state index in [2.05, 4.69) is 5.32 Å². The van der Waals surface area contributed by atoms with E-state index in [-0.39, 0.29) is 25.0 Å². The lowest BCUT2D eigenvalue weighted by Gasteiger charge is -2.30. The van der Waals surface area contributed by atoms with Crippen LogP contribution in [0.3, 0.4) is 0 Å². The summed E-state index contributed by atoms with van der Waals surface area (Å²) in [5, 5.41) is 2.72. The normalized spacial score (nSPS) is 19.8. The Balaban J connectivity index is 0.00000225. The molecule has 1 N–H and O–H groups in total. The number of hydrogen-bond acceptors (Lipinski definition) is 3. The molecule has 0 atom stereocenters. The van der Waals surface area contributed by atoms with Crippen molar-refractivity contribution in [2.24, 2.45) is 0 Å². The maximum absolute atomic E-state index is 11.9. The van der Waals surface area contributed by atoms with Crippen LogP contribution in [0.5, 0.6) is 0 Å². The van der Waals surface area contributed by atoms with Crippen molar-refractivity contribution < 1.29 is 17.2 Å². The Hall–Kier alpha value is 0.0200. The first-order valence-corrected chi connectivity index (χ1v) is 6.71. The molecule has 0 aromatic rings. The highest BCUT2D eigenvalue weighted by molar-refractivity contribution is 7.88. The highest BCUT2D eigenvalue weighted by Crippen LogP contribution is 2.13. The Bertz CT molecular complexity index is 292. The zero-order chi connectivity index (χ0) is 11.5. The van der Waals surface area contributed by atoms with E-state index in [1.165, 1.54) is 10.6 Å². The Morgan fingerprint density at radius 2 is 1.88 bits per heavy atom. The van der Waals surface area contributed by atoms with Gasteiger partial charge in [-0.05, 0) is 12.8 Å². The minimum absolute atomic E-state index is 0. The standard InChI is InChI=1S/C8H16F2N2O2S.ClH/c1-15(13,14)12-4-2-7(3-5-12)11-6-8(9)10;/h7-8,11H,2-6H2,1H3;1H. The zero-order valence-corrected chi connectivity index (χ0v) is 10.7. The van der Waals surface area contributed by atoms with Crippen molar-refractivity contribution >= 4 is 22.4 Å². The molecule has 0 bridgehead atoms. The number of halogens is 3. The van der Waals surface area contributed by atoms with Crippen molar-refractivity contribution in [3.63, 3.8) is 0 Å². The van der Waals surface area contributed by atoms with Gasteiger partial charge in [-0.15, -0.1) is 12.4 Å². The summed E-state index contributed by atoms with van der Waals surface area (Å²) in [4.78, 5) is 0. The van der Waals surface area contributed by atoms with Gasteiger partial charge in [0, 0.05) is 19.1 Å². The third-order valence-corrected chi connectivity index (χ3v) is 3.79. The van der Waals surface area contributed by atoms with E-state index in [1.807, 2.05) is 0 Å². The molecule has 4 nitrogen and oxygen atoms in total. The van der Waals surface area contributed by atoms with E-state index in [4.69, 9.17) is 0 Å². The first-order valence-electron chi connectivity index (χ1n) is 4.86. The molecule has 1 aliphatic heterocycles. The molecule has 98 valence electrons. The largest absolute Gasteiger partial charge is 0.309 e. The number of rotatable bonds is 4. The van der Waals surface area contributed by atoms with Crippen molar-refractivity contribution in [1.29, 1.82) is 0 Å². The molecule has 0 spiro atoms. The van der Waals surface area contributed by atoms with Crippen molar-refractivity contribution in [2.75, 3.05) is 25.9 Å². The number of nitrogens with one attached hydrogen (secondary N) is 1. The van der Waals surface area contributed by atoms with E-state index >= 15 is 0 Å². The van der Waals surface area contributed by atoms with Gasteiger partial charge < -0.3 is 5.32 Å². The topological polar surface area (TPSA) is 49.4 Å². The summed E-state index contributed by atoms with van der Waals surface area (Å²) < 4.78 is 47.4. The zero-order valence-electron chi connectivity index (χ0n) is 9.03. The quantitative estimate of drug-likeness (QED) is 0.823. The molecule has 16 heavy (non-hydrogen) atoms. The van der Waals surface area contributed by atoms with E-state index in [0.29, 0.717) is 25.9 Å². The van der Waals surface area contributed by atoms with Crippen molar-refractivity contribution in [1.82, 2.24) is 9.62 Å². The minimum atomic E-state index is -3.12. The van der Waals surface area contributed by atoms with Crippen LogP contribution in [-0.4, -0.2) is 51.1 Å². The Morgan fingerprint density at radius 3 is 2.25 bits per heavy atom. The van der Waals surface area contributed by atoms with Crippen LogP contribution < -0.4 is 5.32 Å². The fraction of sp³-hybridized carbons (Fsp3) is 1.00. The van der Waals surface area contributed by atoms with E-state index in [0.717, 1.165) is 0 Å². The first kappa shape index (κ1) is 16.0. The lowest BCUT2D eigenvalue weighted by Crippen LogP contribution is -2.45. The summed E-state index contributed by atoms with van der Waals surface area (Å²) >= 11 is 0. The Labute approximate surface area is 101 Å². The second kappa shape index (κ2) is 6.68. The van der Waals surface area contributed by atoms with Gasteiger partial charge in [0.2, 0.25) is 10.0 Å². The van der Waals surface area contributed by atoms with Gasteiger partial charge in [0.15, 0.2) is 0 Å². The smallest absolute Gasteiger partial charge is 0.250 e. The molecular weight excluding hydrogens is 262 g/mol. The average molecular weight is 279 g/mol. The second-order valence-corrected chi connectivity index (χ2v) is 5.72. The summed E-state index contributed by atoms with van der Waals surface area (Å²) in [5.41, 5.74) is 0. The SMILES string of the molecule is CS(=O)(=O)N1CCC(NCC(F)F)CC1.Cl. The Kier molecular flexibility index (Phi) is 6.69. The number of hydrogen-bond donors (Lipinski definition) is 1. The number of alkyl halides is 2. The molecule has 1 rings (SSSR count). The molecule has 1 fully saturated rings. The van der Waals surface area contributed by atoms with E-state index in [9.17, 15) is 17.2 Å². The molecule has 0 unspecified atom stereocenters. The van der Waals surface area contributed by atoms with Crippen molar-refractivity contribution in [3.05, 3.63) is 0 Å². The number of nitrogens with zero attached hydrogens (tertiary/aromatic N) is 1. The molecule has 1 heterocycles. The molecule has 1 saturated heterocycles. The molecule has 0 saturated carbocycles. The summed E-state index contributed by atoms with van der Waals surface area (Å²) in [5.74, 6) is 0. The number of sulfonamides is 1.